The van der Waals surface area contributed by atoms with Gasteiger partial charge >= 0.3 is 18.1 Å². The maximum Gasteiger partial charge on any atom is 0.471 e. The van der Waals surface area contributed by atoms with Crippen LogP contribution >= 0.6 is 0 Å². The topological polar surface area (TPSA) is 77.8 Å². The van der Waals surface area contributed by atoms with E-state index >= 15 is 0 Å². The van der Waals surface area contributed by atoms with Crippen molar-refractivity contribution in [3.63, 3.8) is 0 Å². The van der Waals surface area contributed by atoms with Gasteiger partial charge in [-0.25, -0.2) is 4.79 Å². The fourth-order valence-electron chi connectivity index (χ4n) is 1.44. The molecule has 1 saturated heterocycles. The van der Waals surface area contributed by atoms with Crippen molar-refractivity contribution < 1.29 is 33.0 Å². The highest BCUT2D eigenvalue weighted by atomic mass is 19.4. The van der Waals surface area contributed by atoms with Crippen LogP contribution in [-0.2, 0) is 9.59 Å². The first-order valence-corrected chi connectivity index (χ1v) is 4.02. The molecule has 0 bridgehead atoms. The normalized spacial score (nSPS) is 26.8. The van der Waals surface area contributed by atoms with Gasteiger partial charge in [-0.3, -0.25) is 4.79 Å². The van der Waals surface area contributed by atoms with Crippen molar-refractivity contribution in [2.45, 2.75) is 24.7 Å². The molecule has 1 amide bonds. The fourth-order valence-corrected chi connectivity index (χ4v) is 1.44. The Morgan fingerprint density at radius 2 is 1.87 bits per heavy atom. The Balaban J connectivity index is 2.85. The maximum absolute atomic E-state index is 12.0. The van der Waals surface area contributed by atoms with E-state index < -0.39 is 36.7 Å². The van der Waals surface area contributed by atoms with Crippen molar-refractivity contribution in [2.75, 3.05) is 6.54 Å². The van der Waals surface area contributed by atoms with E-state index in [4.69, 9.17) is 10.2 Å². The van der Waals surface area contributed by atoms with Crippen LogP contribution < -0.4 is 0 Å². The Kier molecular flexibility index (Phi) is 2.89. The number of rotatable bonds is 1. The molecule has 0 unspecified atom stereocenters. The smallest absolute Gasteiger partial charge is 0.471 e. The summed E-state index contributed by atoms with van der Waals surface area (Å²) in [6.07, 6.45) is -6.72. The summed E-state index contributed by atoms with van der Waals surface area (Å²) in [6, 6.07) is -1.60. The molecule has 8 heteroatoms. The minimum atomic E-state index is -5.11. The number of hydrogen-bond acceptors (Lipinski definition) is 3. The van der Waals surface area contributed by atoms with E-state index in [0.29, 0.717) is 0 Å². The highest BCUT2D eigenvalue weighted by molar-refractivity contribution is 5.87. The third-order valence-electron chi connectivity index (χ3n) is 2.07. The summed E-state index contributed by atoms with van der Waals surface area (Å²) in [5.41, 5.74) is 0. The standard InChI is InChI=1S/C7H8F3NO4/c8-7(9,10)6(15)11-2-3(12)1-4(11)5(13)14/h3-4,12H,1-2H2,(H,13,14)/t3-,4-/m1/s1. The Hall–Kier alpha value is -1.31. The van der Waals surface area contributed by atoms with E-state index in [9.17, 15) is 22.8 Å². The third kappa shape index (κ3) is 2.38. The van der Waals surface area contributed by atoms with E-state index in [2.05, 4.69) is 0 Å². The second-order valence-electron chi connectivity index (χ2n) is 3.20. The van der Waals surface area contributed by atoms with Gasteiger partial charge in [0.15, 0.2) is 0 Å². The predicted octanol–water partition coefficient (Wildman–Crippen LogP) is -0.405. The predicted molar refractivity (Wildman–Crippen MR) is 39.8 cm³/mol. The van der Waals surface area contributed by atoms with Crippen LogP contribution in [-0.4, -0.2) is 51.9 Å². The van der Waals surface area contributed by atoms with E-state index in [1.807, 2.05) is 0 Å². The average molecular weight is 227 g/mol. The molecular weight excluding hydrogens is 219 g/mol. The molecule has 0 aromatic carbocycles. The summed E-state index contributed by atoms with van der Waals surface area (Å²) in [5.74, 6) is -3.78. The first kappa shape index (κ1) is 11.8. The van der Waals surface area contributed by atoms with Gasteiger partial charge in [0.05, 0.1) is 6.10 Å². The molecule has 0 saturated carbocycles. The Bertz CT molecular complexity index is 290. The quantitative estimate of drug-likeness (QED) is 0.638. The molecular formula is C7H8F3NO4. The van der Waals surface area contributed by atoms with Gasteiger partial charge in [0.25, 0.3) is 0 Å². The zero-order valence-electron chi connectivity index (χ0n) is 7.36. The minimum Gasteiger partial charge on any atom is -0.480 e. The molecule has 0 aromatic rings. The van der Waals surface area contributed by atoms with Crippen molar-refractivity contribution in [1.82, 2.24) is 4.90 Å². The van der Waals surface area contributed by atoms with E-state index in [1.165, 1.54) is 0 Å². The minimum absolute atomic E-state index is 0.132. The Labute approximate surface area is 82.1 Å². The average Bonchev–Trinajstić information content (AvgIpc) is 2.44. The summed E-state index contributed by atoms with van der Waals surface area (Å²) in [4.78, 5) is 21.4. The molecule has 86 valence electrons. The monoisotopic (exact) mass is 227 g/mol. The number of amides is 1. The van der Waals surface area contributed by atoms with Crippen LogP contribution in [0.25, 0.3) is 0 Å². The number of likely N-dealkylation sites (tertiary alicyclic amines) is 1. The molecule has 0 spiro atoms. The largest absolute Gasteiger partial charge is 0.480 e. The molecule has 1 aliphatic rings. The lowest BCUT2D eigenvalue weighted by Crippen LogP contribution is -2.47. The maximum atomic E-state index is 12.0. The number of nitrogens with zero attached hydrogens (tertiary/aromatic N) is 1. The number of carboxylic acid groups (broad SMARTS) is 1. The zero-order chi connectivity index (χ0) is 11.8. The van der Waals surface area contributed by atoms with Gasteiger partial charge in [-0.05, 0) is 0 Å². The van der Waals surface area contributed by atoms with Crippen molar-refractivity contribution in [3.05, 3.63) is 0 Å². The van der Waals surface area contributed by atoms with Crippen LogP contribution in [0.5, 0.6) is 0 Å². The lowest BCUT2D eigenvalue weighted by atomic mass is 10.2. The molecule has 1 rings (SSSR count). The lowest BCUT2D eigenvalue weighted by Gasteiger charge is -2.21. The van der Waals surface area contributed by atoms with E-state index in [0.717, 1.165) is 0 Å². The molecule has 1 fully saturated rings. The number of aliphatic hydroxyl groups is 1. The van der Waals surface area contributed by atoms with Crippen LogP contribution in [0, 0.1) is 0 Å². The van der Waals surface area contributed by atoms with Gasteiger partial charge in [0.2, 0.25) is 0 Å². The fraction of sp³-hybridized carbons (Fsp3) is 0.714. The molecule has 0 radical (unpaired) electrons. The Morgan fingerprint density at radius 3 is 2.27 bits per heavy atom. The molecule has 2 atom stereocenters. The summed E-state index contributed by atoms with van der Waals surface area (Å²) >= 11 is 0. The van der Waals surface area contributed by atoms with Crippen molar-refractivity contribution in [1.29, 1.82) is 0 Å². The van der Waals surface area contributed by atoms with Crippen LogP contribution in [0.1, 0.15) is 6.42 Å². The first-order valence-electron chi connectivity index (χ1n) is 4.02. The van der Waals surface area contributed by atoms with Gasteiger partial charge in [0.1, 0.15) is 6.04 Å². The van der Waals surface area contributed by atoms with Crippen LogP contribution in [0.2, 0.25) is 0 Å². The lowest BCUT2D eigenvalue weighted by molar-refractivity contribution is -0.188. The molecule has 2 N–H and O–H groups in total. The van der Waals surface area contributed by atoms with Gasteiger partial charge in [-0.1, -0.05) is 0 Å². The SMILES string of the molecule is O=C(O)[C@H]1C[C@@H](O)CN1C(=O)C(F)(F)F. The molecule has 15 heavy (non-hydrogen) atoms. The second-order valence-corrected chi connectivity index (χ2v) is 3.20. The highest BCUT2D eigenvalue weighted by Crippen LogP contribution is 2.25. The Morgan fingerprint density at radius 1 is 1.33 bits per heavy atom. The summed E-state index contributed by atoms with van der Waals surface area (Å²) in [5, 5.41) is 17.6. The first-order chi connectivity index (χ1) is 6.73. The molecule has 1 heterocycles. The number of carboxylic acids is 1. The molecule has 0 aliphatic carbocycles. The van der Waals surface area contributed by atoms with E-state index in [1.54, 1.807) is 0 Å². The molecule has 5 nitrogen and oxygen atoms in total. The van der Waals surface area contributed by atoms with E-state index in [-0.39, 0.29) is 11.3 Å². The van der Waals surface area contributed by atoms with Crippen LogP contribution in [0.3, 0.4) is 0 Å². The van der Waals surface area contributed by atoms with Crippen LogP contribution in [0.15, 0.2) is 0 Å². The summed E-state index contributed by atoms with van der Waals surface area (Å²) in [7, 11) is 0. The summed E-state index contributed by atoms with van der Waals surface area (Å²) in [6.45, 7) is -0.602. The number of hydrogen-bond donors (Lipinski definition) is 2. The number of β-amino-alcohol motifs (C(OH)–C–C–N with tert-alkyl or cyclic N) is 1. The number of carbonyl (C=O) groups is 2. The molecule has 1 aliphatic heterocycles. The highest BCUT2D eigenvalue weighted by Gasteiger charge is 2.49. The van der Waals surface area contributed by atoms with Crippen molar-refractivity contribution in [2.24, 2.45) is 0 Å². The molecule has 0 aromatic heterocycles. The number of halogens is 3. The number of alkyl halides is 3. The zero-order valence-corrected chi connectivity index (χ0v) is 7.36. The van der Waals surface area contributed by atoms with Crippen molar-refractivity contribution in [3.8, 4) is 0 Å². The van der Waals surface area contributed by atoms with Gasteiger partial charge in [-0.15, -0.1) is 0 Å². The number of aliphatic carboxylic acids is 1. The second kappa shape index (κ2) is 3.69. The third-order valence-corrected chi connectivity index (χ3v) is 2.07. The van der Waals surface area contributed by atoms with Crippen molar-refractivity contribution >= 4 is 11.9 Å². The van der Waals surface area contributed by atoms with Gasteiger partial charge in [-0.2, -0.15) is 13.2 Å². The summed E-state index contributed by atoms with van der Waals surface area (Å²) < 4.78 is 36.0. The number of aliphatic hydroxyl groups excluding tert-OH is 1. The number of carbonyl (C=O) groups excluding carboxylic acids is 1. The van der Waals surface area contributed by atoms with Crippen LogP contribution in [0.4, 0.5) is 13.2 Å². The van der Waals surface area contributed by atoms with Gasteiger partial charge in [0, 0.05) is 13.0 Å². The van der Waals surface area contributed by atoms with Gasteiger partial charge < -0.3 is 15.1 Å².